The normalized spacial score (nSPS) is 18.3. The number of nitrogens with one attached hydrogen (secondary N) is 1. The van der Waals surface area contributed by atoms with Crippen LogP contribution in [0.3, 0.4) is 0 Å². The van der Waals surface area contributed by atoms with E-state index in [0.717, 1.165) is 0 Å². The quantitative estimate of drug-likeness (QED) is 0.736. The lowest BCUT2D eigenvalue weighted by Gasteiger charge is -2.33. The molecule has 0 aliphatic carbocycles. The highest BCUT2D eigenvalue weighted by molar-refractivity contribution is 6.34. The van der Waals surface area contributed by atoms with Crippen LogP contribution in [0, 0.1) is 5.92 Å². The van der Waals surface area contributed by atoms with Crippen LogP contribution < -0.4 is 10.2 Å². The predicted octanol–water partition coefficient (Wildman–Crippen LogP) is 2.98. The monoisotopic (exact) mass is 435 g/mol. The van der Waals surface area contributed by atoms with Gasteiger partial charge in [0.1, 0.15) is 5.60 Å². The second-order valence-electron chi connectivity index (χ2n) is 8.52. The first-order valence-corrected chi connectivity index (χ1v) is 10.4. The Balaban J connectivity index is 1.67. The zero-order valence-electron chi connectivity index (χ0n) is 17.4. The lowest BCUT2D eigenvalue weighted by molar-refractivity contribution is -0.161. The molecule has 2 saturated heterocycles. The fourth-order valence-electron chi connectivity index (χ4n) is 3.53. The summed E-state index contributed by atoms with van der Waals surface area (Å²) in [7, 11) is 0. The highest BCUT2D eigenvalue weighted by atomic mass is 35.5. The molecule has 1 aromatic carbocycles. The van der Waals surface area contributed by atoms with Crippen LogP contribution in [0.4, 0.5) is 10.5 Å². The number of esters is 1. The first-order chi connectivity index (χ1) is 14.0. The van der Waals surface area contributed by atoms with E-state index in [4.69, 9.17) is 16.3 Å². The van der Waals surface area contributed by atoms with Gasteiger partial charge in [-0.2, -0.15) is 0 Å². The molecule has 2 aliphatic heterocycles. The minimum absolute atomic E-state index is 0.165. The van der Waals surface area contributed by atoms with E-state index in [2.05, 4.69) is 5.32 Å². The summed E-state index contributed by atoms with van der Waals surface area (Å²) in [6.07, 6.45) is 1.24. The first kappa shape index (κ1) is 22.1. The maximum atomic E-state index is 13.0. The van der Waals surface area contributed by atoms with E-state index >= 15 is 0 Å². The SMILES string of the molecule is CC(C)(C)OC(=O)C1CCN(C(=O)c2ccc(Cl)c(N3CCC(=O)NC3=O)c2)CC1. The Morgan fingerprint density at radius 1 is 1.13 bits per heavy atom. The summed E-state index contributed by atoms with van der Waals surface area (Å²) in [6.45, 7) is 6.59. The van der Waals surface area contributed by atoms with Crippen molar-refractivity contribution >= 4 is 41.1 Å². The van der Waals surface area contributed by atoms with Crippen LogP contribution in [0.5, 0.6) is 0 Å². The summed E-state index contributed by atoms with van der Waals surface area (Å²) in [5.41, 5.74) is 0.251. The second-order valence-corrected chi connectivity index (χ2v) is 8.93. The van der Waals surface area contributed by atoms with Crippen molar-refractivity contribution in [2.45, 2.75) is 45.6 Å². The van der Waals surface area contributed by atoms with Gasteiger partial charge in [-0.3, -0.25) is 24.6 Å². The summed E-state index contributed by atoms with van der Waals surface area (Å²) in [5, 5.41) is 2.57. The number of hydrogen-bond donors (Lipinski definition) is 1. The number of halogens is 1. The fraction of sp³-hybridized carbons (Fsp3) is 0.524. The van der Waals surface area contributed by atoms with Crippen molar-refractivity contribution in [3.05, 3.63) is 28.8 Å². The Labute approximate surface area is 180 Å². The Hall–Kier alpha value is -2.61. The smallest absolute Gasteiger partial charge is 0.328 e. The zero-order valence-corrected chi connectivity index (χ0v) is 18.1. The van der Waals surface area contributed by atoms with Crippen molar-refractivity contribution in [3.8, 4) is 0 Å². The molecule has 2 heterocycles. The number of ether oxygens (including phenoxy) is 1. The lowest BCUT2D eigenvalue weighted by atomic mass is 9.96. The summed E-state index contributed by atoms with van der Waals surface area (Å²) >= 11 is 6.25. The molecule has 0 spiro atoms. The number of imide groups is 1. The molecule has 0 saturated carbocycles. The maximum absolute atomic E-state index is 13.0. The van der Waals surface area contributed by atoms with Crippen molar-refractivity contribution in [1.29, 1.82) is 0 Å². The van der Waals surface area contributed by atoms with Gasteiger partial charge in [0.15, 0.2) is 0 Å². The van der Waals surface area contributed by atoms with Gasteiger partial charge in [-0.15, -0.1) is 0 Å². The van der Waals surface area contributed by atoms with Crippen molar-refractivity contribution in [2.75, 3.05) is 24.5 Å². The molecule has 0 unspecified atom stereocenters. The molecule has 3 rings (SSSR count). The summed E-state index contributed by atoms with van der Waals surface area (Å²) < 4.78 is 5.45. The molecule has 9 heteroatoms. The number of carbonyl (C=O) groups excluding carboxylic acids is 4. The highest BCUT2D eigenvalue weighted by Crippen LogP contribution is 2.30. The van der Waals surface area contributed by atoms with E-state index in [1.54, 1.807) is 23.1 Å². The van der Waals surface area contributed by atoms with Crippen molar-refractivity contribution < 1.29 is 23.9 Å². The minimum Gasteiger partial charge on any atom is -0.460 e. The van der Waals surface area contributed by atoms with Crippen LogP contribution in [0.1, 0.15) is 50.4 Å². The van der Waals surface area contributed by atoms with Gasteiger partial charge in [0.2, 0.25) is 5.91 Å². The van der Waals surface area contributed by atoms with Gasteiger partial charge in [-0.05, 0) is 51.8 Å². The lowest BCUT2D eigenvalue weighted by Crippen LogP contribution is -2.49. The third-order valence-electron chi connectivity index (χ3n) is 5.06. The number of hydrogen-bond acceptors (Lipinski definition) is 5. The summed E-state index contributed by atoms with van der Waals surface area (Å²) in [6, 6.07) is 4.19. The molecule has 4 amide bonds. The molecule has 2 fully saturated rings. The highest BCUT2D eigenvalue weighted by Gasteiger charge is 2.32. The van der Waals surface area contributed by atoms with Crippen LogP contribution in [-0.2, 0) is 14.3 Å². The third-order valence-corrected chi connectivity index (χ3v) is 5.38. The number of anilines is 1. The molecule has 0 atom stereocenters. The van der Waals surface area contributed by atoms with E-state index in [1.165, 1.54) is 4.90 Å². The Morgan fingerprint density at radius 3 is 2.40 bits per heavy atom. The molecule has 2 aliphatic rings. The molecule has 0 bridgehead atoms. The standard InChI is InChI=1S/C21H26ClN3O5/c1-21(2,3)30-19(28)13-6-9-24(10-7-13)18(27)14-4-5-15(22)16(12-14)25-11-8-17(26)23-20(25)29/h4-5,12-13H,6-11H2,1-3H3,(H,23,26,29). The van der Waals surface area contributed by atoms with Gasteiger partial charge in [0, 0.05) is 31.6 Å². The molecule has 0 radical (unpaired) electrons. The van der Waals surface area contributed by atoms with E-state index in [-0.39, 0.29) is 36.7 Å². The molecular weight excluding hydrogens is 410 g/mol. The van der Waals surface area contributed by atoms with E-state index < -0.39 is 11.6 Å². The van der Waals surface area contributed by atoms with Crippen molar-refractivity contribution in [1.82, 2.24) is 10.2 Å². The number of amides is 4. The molecule has 1 aromatic rings. The molecular formula is C21H26ClN3O5. The third kappa shape index (κ3) is 5.11. The minimum atomic E-state index is -0.559. The van der Waals surface area contributed by atoms with Gasteiger partial charge < -0.3 is 9.64 Å². The number of likely N-dealkylation sites (tertiary alicyclic amines) is 1. The number of benzene rings is 1. The van der Waals surface area contributed by atoms with Gasteiger partial charge in [0.25, 0.3) is 5.91 Å². The predicted molar refractivity (Wildman–Crippen MR) is 111 cm³/mol. The van der Waals surface area contributed by atoms with E-state index in [9.17, 15) is 19.2 Å². The van der Waals surface area contributed by atoms with Crippen LogP contribution >= 0.6 is 11.6 Å². The van der Waals surface area contributed by atoms with Crippen molar-refractivity contribution in [3.63, 3.8) is 0 Å². The molecule has 30 heavy (non-hydrogen) atoms. The van der Waals surface area contributed by atoms with Gasteiger partial charge in [-0.25, -0.2) is 4.79 Å². The molecule has 8 nitrogen and oxygen atoms in total. The van der Waals surface area contributed by atoms with Crippen LogP contribution in [-0.4, -0.2) is 54.0 Å². The number of nitrogens with zero attached hydrogens (tertiary/aromatic N) is 2. The second kappa shape index (κ2) is 8.63. The molecule has 0 aromatic heterocycles. The van der Waals surface area contributed by atoms with E-state index in [1.807, 2.05) is 20.8 Å². The van der Waals surface area contributed by atoms with Crippen LogP contribution in [0.2, 0.25) is 5.02 Å². The average Bonchev–Trinajstić information content (AvgIpc) is 2.67. The number of carbonyl (C=O) groups is 4. The Kier molecular flexibility index (Phi) is 6.36. The van der Waals surface area contributed by atoms with Gasteiger partial charge in [0.05, 0.1) is 16.6 Å². The van der Waals surface area contributed by atoms with E-state index in [0.29, 0.717) is 42.2 Å². The number of piperidine rings is 1. The molecule has 1 N–H and O–H groups in total. The van der Waals surface area contributed by atoms with Crippen molar-refractivity contribution in [2.24, 2.45) is 5.92 Å². The van der Waals surface area contributed by atoms with Crippen LogP contribution in [0.25, 0.3) is 0 Å². The molecule has 162 valence electrons. The summed E-state index contributed by atoms with van der Waals surface area (Å²) in [5.74, 6) is -0.978. The first-order valence-electron chi connectivity index (χ1n) is 9.98. The summed E-state index contributed by atoms with van der Waals surface area (Å²) in [4.78, 5) is 51.8. The maximum Gasteiger partial charge on any atom is 0.328 e. The largest absolute Gasteiger partial charge is 0.460 e. The van der Waals surface area contributed by atoms with Gasteiger partial charge in [-0.1, -0.05) is 11.6 Å². The van der Waals surface area contributed by atoms with Crippen LogP contribution in [0.15, 0.2) is 18.2 Å². The average molecular weight is 436 g/mol. The fourth-order valence-corrected chi connectivity index (χ4v) is 3.75. The Bertz CT molecular complexity index is 872. The topological polar surface area (TPSA) is 96.0 Å². The zero-order chi connectivity index (χ0) is 22.1. The number of urea groups is 1. The van der Waals surface area contributed by atoms with Gasteiger partial charge >= 0.3 is 12.0 Å². The Morgan fingerprint density at radius 2 is 1.80 bits per heavy atom. The number of rotatable bonds is 3.